The van der Waals surface area contributed by atoms with Gasteiger partial charge in [-0.1, -0.05) is 11.6 Å². The van der Waals surface area contributed by atoms with Gasteiger partial charge >= 0.3 is 24.6 Å². The summed E-state index contributed by atoms with van der Waals surface area (Å²) in [6.07, 6.45) is -17.3. The van der Waals surface area contributed by atoms with Gasteiger partial charge in [0.05, 0.1) is 28.2 Å². The van der Waals surface area contributed by atoms with Crippen LogP contribution in [0.3, 0.4) is 0 Å². The van der Waals surface area contributed by atoms with E-state index in [9.17, 15) is 54.2 Å². The van der Waals surface area contributed by atoms with Gasteiger partial charge in [-0.25, -0.2) is 4.79 Å². The molecule has 35 heavy (non-hydrogen) atoms. The number of nitrogens with zero attached hydrogens (tertiary/aromatic N) is 2. The molecule has 190 valence electrons. The Morgan fingerprint density at radius 3 is 1.89 bits per heavy atom. The van der Waals surface area contributed by atoms with E-state index in [1.54, 1.807) is 0 Å². The molecule has 0 aliphatic carbocycles. The Hall–Kier alpha value is -3.03. The molecule has 3 rings (SSSR count). The molecule has 1 aliphatic rings. The summed E-state index contributed by atoms with van der Waals surface area (Å²) >= 11 is 5.90. The summed E-state index contributed by atoms with van der Waals surface area (Å²) in [7, 11) is 0. The van der Waals surface area contributed by atoms with Crippen LogP contribution in [0.1, 0.15) is 51.6 Å². The van der Waals surface area contributed by atoms with Gasteiger partial charge in [0.1, 0.15) is 5.69 Å². The van der Waals surface area contributed by atoms with E-state index in [0.29, 0.717) is 17.2 Å². The Morgan fingerprint density at radius 1 is 0.886 bits per heavy atom. The third-order valence-corrected chi connectivity index (χ3v) is 5.63. The minimum absolute atomic E-state index is 0.159. The van der Waals surface area contributed by atoms with Crippen molar-refractivity contribution in [2.24, 2.45) is 0 Å². The molecule has 1 amide bonds. The number of carbonyl (C=O) groups excluding carboxylic acids is 1. The van der Waals surface area contributed by atoms with Crippen LogP contribution in [0.25, 0.3) is 0 Å². The molecule has 5 nitrogen and oxygen atoms in total. The van der Waals surface area contributed by atoms with Gasteiger partial charge in [-0.05, 0) is 42.7 Å². The Balaban J connectivity index is 2.06. The molecule has 0 spiro atoms. The predicted octanol–water partition coefficient (Wildman–Crippen LogP) is 6.86. The Morgan fingerprint density at radius 2 is 1.43 bits per heavy atom. The van der Waals surface area contributed by atoms with Gasteiger partial charge in [0.25, 0.3) is 0 Å². The van der Waals surface area contributed by atoms with Crippen molar-refractivity contribution in [2.45, 2.75) is 43.5 Å². The van der Waals surface area contributed by atoms with Gasteiger partial charge < -0.3 is 5.11 Å². The normalized spacial score (nSPS) is 19.2. The van der Waals surface area contributed by atoms with Gasteiger partial charge in [0.2, 0.25) is 0 Å². The number of hydrogen-bond donors (Lipinski definition) is 1. The van der Waals surface area contributed by atoms with E-state index in [1.165, 1.54) is 0 Å². The largest absolute Gasteiger partial charge is 0.465 e. The molecule has 1 aliphatic heterocycles. The van der Waals surface area contributed by atoms with E-state index in [1.807, 2.05) is 0 Å². The van der Waals surface area contributed by atoms with Crippen LogP contribution in [0, 0.1) is 0 Å². The maximum Gasteiger partial charge on any atom is 0.433 e. The zero-order chi connectivity index (χ0) is 26.5. The van der Waals surface area contributed by atoms with Crippen molar-refractivity contribution in [1.82, 2.24) is 9.88 Å². The van der Waals surface area contributed by atoms with Crippen LogP contribution in [0.15, 0.2) is 30.5 Å². The highest BCUT2D eigenvalue weighted by Gasteiger charge is 2.45. The quantitative estimate of drug-likeness (QED) is 0.345. The molecular formula is C20H12ClF9N2O3. The van der Waals surface area contributed by atoms with E-state index in [0.717, 1.165) is 0 Å². The lowest BCUT2D eigenvalue weighted by Crippen LogP contribution is -2.41. The highest BCUT2D eigenvalue weighted by atomic mass is 35.5. The number of alkyl halides is 9. The smallest absolute Gasteiger partial charge is 0.433 e. The number of amides is 1. The number of pyridine rings is 1. The number of benzene rings is 1. The van der Waals surface area contributed by atoms with E-state index >= 15 is 0 Å². The molecule has 1 aromatic heterocycles. The number of Topliss-reactive ketones (excluding diaryl/α,β-unsaturated/α-hetero) is 1. The van der Waals surface area contributed by atoms with E-state index in [2.05, 4.69) is 4.98 Å². The van der Waals surface area contributed by atoms with Crippen molar-refractivity contribution in [1.29, 1.82) is 0 Å². The van der Waals surface area contributed by atoms with Gasteiger partial charge in [0.15, 0.2) is 5.78 Å². The number of ketones is 1. The average molecular weight is 535 g/mol. The van der Waals surface area contributed by atoms with Crippen molar-refractivity contribution < 1.29 is 54.2 Å². The minimum Gasteiger partial charge on any atom is -0.465 e. The van der Waals surface area contributed by atoms with Crippen molar-refractivity contribution in [3.8, 4) is 0 Å². The van der Waals surface area contributed by atoms with E-state index in [4.69, 9.17) is 11.6 Å². The maximum absolute atomic E-state index is 13.1. The van der Waals surface area contributed by atoms with E-state index < -0.39 is 71.3 Å². The summed E-state index contributed by atoms with van der Waals surface area (Å²) in [6, 6.07) is -2.62. The molecule has 2 aromatic rings. The Kier molecular flexibility index (Phi) is 6.74. The maximum atomic E-state index is 13.1. The molecule has 1 N–H and O–H groups in total. The molecule has 0 radical (unpaired) electrons. The van der Waals surface area contributed by atoms with Crippen LogP contribution in [0.2, 0.25) is 5.02 Å². The molecule has 1 fully saturated rings. The van der Waals surface area contributed by atoms with Gasteiger partial charge in [-0.3, -0.25) is 14.7 Å². The van der Waals surface area contributed by atoms with Crippen LogP contribution in [0.5, 0.6) is 0 Å². The monoisotopic (exact) mass is 534 g/mol. The number of halogens is 10. The van der Waals surface area contributed by atoms with Gasteiger partial charge in [-0.2, -0.15) is 39.5 Å². The molecule has 1 aromatic carbocycles. The topological polar surface area (TPSA) is 70.5 Å². The summed E-state index contributed by atoms with van der Waals surface area (Å²) in [5.74, 6) is -1.38. The van der Waals surface area contributed by atoms with Crippen molar-refractivity contribution >= 4 is 23.5 Å². The highest BCUT2D eigenvalue weighted by molar-refractivity contribution is 6.31. The molecular weight excluding hydrogens is 523 g/mol. The van der Waals surface area contributed by atoms with Crippen molar-refractivity contribution in [3.63, 3.8) is 0 Å². The first-order valence-corrected chi connectivity index (χ1v) is 9.86. The number of hydrogen-bond acceptors (Lipinski definition) is 3. The first kappa shape index (κ1) is 26.6. The van der Waals surface area contributed by atoms with Crippen molar-refractivity contribution in [3.05, 3.63) is 63.4 Å². The third-order valence-electron chi connectivity index (χ3n) is 5.32. The summed E-state index contributed by atoms with van der Waals surface area (Å²) < 4.78 is 118. The highest BCUT2D eigenvalue weighted by Crippen LogP contribution is 2.43. The second kappa shape index (κ2) is 8.88. The zero-order valence-electron chi connectivity index (χ0n) is 16.9. The molecule has 1 saturated heterocycles. The standard InChI is InChI=1S/C20H12ClF9N2O3/c21-12-7-31-15(20(28,29)30)6-11(12)13-1-2-14(32(13)17(34)35)16(33)8-3-9(18(22,23)24)5-10(4-8)19(25,26)27/h3-7,13-14H,1-2H2,(H,34,35)/t13-,14-/m0/s1. The summed E-state index contributed by atoms with van der Waals surface area (Å²) in [4.78, 5) is 28.3. The SMILES string of the molecule is O=C(c1cc(C(F)(F)F)cc(C(F)(F)F)c1)[C@@H]1CC[C@@H](c2cc(C(F)(F)F)ncc2Cl)N1C(=O)O. The van der Waals surface area contributed by atoms with Crippen LogP contribution < -0.4 is 0 Å². The van der Waals surface area contributed by atoms with Crippen LogP contribution in [-0.4, -0.2) is 32.9 Å². The first-order chi connectivity index (χ1) is 15.9. The fourth-order valence-corrected chi connectivity index (χ4v) is 4.02. The van der Waals surface area contributed by atoms with Crippen molar-refractivity contribution in [2.75, 3.05) is 0 Å². The van der Waals surface area contributed by atoms with Crippen LogP contribution in [0.4, 0.5) is 44.3 Å². The fraction of sp³-hybridized carbons (Fsp3) is 0.350. The molecule has 0 saturated carbocycles. The second-order valence-corrected chi connectivity index (χ2v) is 7.95. The molecule has 0 bridgehead atoms. The summed E-state index contributed by atoms with van der Waals surface area (Å²) in [6.45, 7) is 0. The Bertz CT molecular complexity index is 1130. The number of likely N-dealkylation sites (tertiary alicyclic amines) is 1. The minimum atomic E-state index is -5.25. The average Bonchev–Trinajstić information content (AvgIpc) is 3.16. The number of aromatic nitrogens is 1. The zero-order valence-corrected chi connectivity index (χ0v) is 17.6. The van der Waals surface area contributed by atoms with Crippen LogP contribution in [-0.2, 0) is 18.5 Å². The first-order valence-electron chi connectivity index (χ1n) is 9.49. The number of carbonyl (C=O) groups is 2. The summed E-state index contributed by atoms with van der Waals surface area (Å²) in [5, 5.41) is 9.26. The van der Waals surface area contributed by atoms with E-state index in [-0.39, 0.29) is 35.2 Å². The molecule has 2 atom stereocenters. The molecule has 0 unspecified atom stereocenters. The third kappa shape index (κ3) is 5.46. The number of carboxylic acid groups (broad SMARTS) is 1. The van der Waals surface area contributed by atoms with Gasteiger partial charge in [-0.15, -0.1) is 0 Å². The second-order valence-electron chi connectivity index (χ2n) is 7.55. The molecule has 15 heteroatoms. The summed E-state index contributed by atoms with van der Waals surface area (Å²) in [5.41, 5.74) is -6.39. The van der Waals surface area contributed by atoms with Gasteiger partial charge in [0, 0.05) is 11.8 Å². The Labute approximate surface area is 195 Å². The lowest BCUT2D eigenvalue weighted by molar-refractivity contribution is -0.143. The number of rotatable bonds is 3. The lowest BCUT2D eigenvalue weighted by Gasteiger charge is -2.28. The lowest BCUT2D eigenvalue weighted by atomic mass is 9.97. The molecule has 2 heterocycles. The van der Waals surface area contributed by atoms with Crippen LogP contribution >= 0.6 is 11.6 Å². The fourth-order valence-electron chi connectivity index (χ4n) is 3.79. The predicted molar refractivity (Wildman–Crippen MR) is 101 cm³/mol.